The zero-order valence-corrected chi connectivity index (χ0v) is 13.2. The summed E-state index contributed by atoms with van der Waals surface area (Å²) in [5.74, 6) is -1.18. The first-order chi connectivity index (χ1) is 11.7. The van der Waals surface area contributed by atoms with Crippen molar-refractivity contribution in [1.29, 1.82) is 0 Å². The number of carbonyl (C=O) groups is 2. The lowest BCUT2D eigenvalue weighted by Crippen LogP contribution is -2.27. The van der Waals surface area contributed by atoms with Gasteiger partial charge in [-0.2, -0.15) is 0 Å². The Labute approximate surface area is 141 Å². The maximum absolute atomic E-state index is 12.3. The van der Waals surface area contributed by atoms with Crippen molar-refractivity contribution in [2.75, 3.05) is 11.9 Å². The third-order valence-corrected chi connectivity index (χ3v) is 3.43. The van der Waals surface area contributed by atoms with Crippen molar-refractivity contribution in [3.05, 3.63) is 59.7 Å². The Hall–Kier alpha value is -3.03. The molecule has 5 nitrogen and oxygen atoms in total. The number of halogens is 3. The Morgan fingerprint density at radius 1 is 1.04 bits per heavy atom. The van der Waals surface area contributed by atoms with E-state index in [0.717, 1.165) is 12.1 Å². The zero-order valence-electron chi connectivity index (χ0n) is 13.2. The smallest absolute Gasteiger partial charge is 0.406 e. The van der Waals surface area contributed by atoms with Crippen LogP contribution >= 0.6 is 0 Å². The van der Waals surface area contributed by atoms with Gasteiger partial charge in [-0.1, -0.05) is 12.1 Å². The quantitative estimate of drug-likeness (QED) is 0.899. The molecular formula is C17H15F3N2O3. The van der Waals surface area contributed by atoms with Gasteiger partial charge in [-0.3, -0.25) is 9.59 Å². The van der Waals surface area contributed by atoms with Gasteiger partial charge in [-0.05, 0) is 42.0 Å². The van der Waals surface area contributed by atoms with E-state index in [2.05, 4.69) is 4.74 Å². The summed E-state index contributed by atoms with van der Waals surface area (Å²) in [6.45, 7) is 0. The van der Waals surface area contributed by atoms with Crippen LogP contribution in [0.5, 0.6) is 5.75 Å². The summed E-state index contributed by atoms with van der Waals surface area (Å²) in [4.78, 5) is 24.7. The molecule has 0 bridgehead atoms. The molecule has 25 heavy (non-hydrogen) atoms. The molecule has 2 rings (SSSR count). The van der Waals surface area contributed by atoms with Gasteiger partial charge < -0.3 is 15.4 Å². The molecule has 0 saturated carbocycles. The van der Waals surface area contributed by atoms with Crippen molar-refractivity contribution in [2.45, 2.75) is 12.8 Å². The van der Waals surface area contributed by atoms with Gasteiger partial charge in [0.05, 0.1) is 6.42 Å². The normalized spacial score (nSPS) is 11.0. The van der Waals surface area contributed by atoms with Crippen molar-refractivity contribution in [3.63, 3.8) is 0 Å². The number of ether oxygens (including phenoxy) is 1. The second-order valence-electron chi connectivity index (χ2n) is 5.23. The lowest BCUT2D eigenvalue weighted by atomic mass is 10.1. The molecule has 2 aromatic rings. The summed E-state index contributed by atoms with van der Waals surface area (Å²) >= 11 is 0. The van der Waals surface area contributed by atoms with Gasteiger partial charge in [0.1, 0.15) is 5.75 Å². The van der Waals surface area contributed by atoms with E-state index in [4.69, 9.17) is 5.73 Å². The number of primary amides is 1. The number of nitrogens with two attached hydrogens (primary N) is 1. The Kier molecular flexibility index (Phi) is 5.31. The lowest BCUT2D eigenvalue weighted by molar-refractivity contribution is -0.274. The third kappa shape index (κ3) is 5.23. The van der Waals surface area contributed by atoms with Crippen LogP contribution in [-0.4, -0.2) is 25.2 Å². The van der Waals surface area contributed by atoms with Crippen molar-refractivity contribution in [2.24, 2.45) is 5.73 Å². The number of rotatable bonds is 5. The van der Waals surface area contributed by atoms with Gasteiger partial charge in [-0.15, -0.1) is 13.2 Å². The highest BCUT2D eigenvalue weighted by atomic mass is 19.4. The van der Waals surface area contributed by atoms with E-state index in [0.29, 0.717) is 16.8 Å². The summed E-state index contributed by atoms with van der Waals surface area (Å²) in [5.41, 5.74) is 6.58. The summed E-state index contributed by atoms with van der Waals surface area (Å²) in [6.07, 6.45) is -4.75. The number of amides is 2. The number of benzene rings is 2. The van der Waals surface area contributed by atoms with Crippen LogP contribution in [0.25, 0.3) is 0 Å². The Morgan fingerprint density at radius 2 is 1.60 bits per heavy atom. The Morgan fingerprint density at radius 3 is 2.08 bits per heavy atom. The van der Waals surface area contributed by atoms with Crippen molar-refractivity contribution < 1.29 is 27.5 Å². The van der Waals surface area contributed by atoms with E-state index in [1.165, 1.54) is 29.2 Å². The zero-order chi connectivity index (χ0) is 18.6. The molecule has 132 valence electrons. The van der Waals surface area contributed by atoms with Gasteiger partial charge >= 0.3 is 6.36 Å². The number of alkyl halides is 3. The van der Waals surface area contributed by atoms with Crippen LogP contribution in [0.4, 0.5) is 18.9 Å². The first kappa shape index (κ1) is 18.3. The second-order valence-corrected chi connectivity index (χ2v) is 5.23. The minimum absolute atomic E-state index is 0.000366. The molecule has 0 saturated heterocycles. The van der Waals surface area contributed by atoms with Gasteiger partial charge in [0, 0.05) is 18.3 Å². The number of nitrogens with zero attached hydrogens (tertiary/aromatic N) is 1. The highest BCUT2D eigenvalue weighted by Gasteiger charge is 2.31. The molecule has 0 heterocycles. The minimum Gasteiger partial charge on any atom is -0.406 e. The van der Waals surface area contributed by atoms with Crippen LogP contribution in [0.3, 0.4) is 0 Å². The fourth-order valence-electron chi connectivity index (χ4n) is 2.10. The highest BCUT2D eigenvalue weighted by molar-refractivity contribution is 5.96. The molecule has 0 aromatic heterocycles. The lowest BCUT2D eigenvalue weighted by Gasteiger charge is -2.18. The average molecular weight is 352 g/mol. The van der Waals surface area contributed by atoms with Gasteiger partial charge in [0.2, 0.25) is 11.8 Å². The van der Waals surface area contributed by atoms with E-state index >= 15 is 0 Å². The molecule has 0 radical (unpaired) electrons. The molecule has 0 atom stereocenters. The van der Waals surface area contributed by atoms with E-state index in [-0.39, 0.29) is 18.1 Å². The first-order valence-corrected chi connectivity index (χ1v) is 7.17. The van der Waals surface area contributed by atoms with Crippen molar-refractivity contribution in [1.82, 2.24) is 0 Å². The average Bonchev–Trinajstić information content (AvgIpc) is 2.54. The van der Waals surface area contributed by atoms with Crippen LogP contribution < -0.4 is 15.4 Å². The number of likely N-dealkylation sites (N-methyl/N-ethyl adjacent to an activating group) is 1. The maximum Gasteiger partial charge on any atom is 0.573 e. The van der Waals surface area contributed by atoms with E-state index in [1.54, 1.807) is 19.2 Å². The van der Waals surface area contributed by atoms with Crippen LogP contribution in [-0.2, 0) is 11.2 Å². The summed E-state index contributed by atoms with van der Waals surface area (Å²) < 4.78 is 40.1. The molecule has 8 heteroatoms. The Bertz CT molecular complexity index is 756. The summed E-state index contributed by atoms with van der Waals surface area (Å²) in [6, 6.07) is 11.3. The standard InChI is InChI=1S/C17H15F3N2O3/c1-22(13-6-4-12(5-7-13)16(21)24)15(23)10-11-2-8-14(9-3-11)25-17(18,19)20/h2-9H,10H2,1H3,(H2,21,24). The van der Waals surface area contributed by atoms with Crippen LogP contribution in [0.2, 0.25) is 0 Å². The molecule has 2 N–H and O–H groups in total. The largest absolute Gasteiger partial charge is 0.573 e. The minimum atomic E-state index is -4.76. The van der Waals surface area contributed by atoms with E-state index < -0.39 is 12.3 Å². The molecule has 2 aromatic carbocycles. The summed E-state index contributed by atoms with van der Waals surface area (Å²) in [5, 5.41) is 0. The Balaban J connectivity index is 2.02. The first-order valence-electron chi connectivity index (χ1n) is 7.17. The second kappa shape index (κ2) is 7.25. The fraction of sp³-hybridized carbons (Fsp3) is 0.176. The molecule has 0 aliphatic carbocycles. The number of carbonyl (C=O) groups excluding carboxylic acids is 2. The van der Waals surface area contributed by atoms with Crippen LogP contribution in [0.1, 0.15) is 15.9 Å². The maximum atomic E-state index is 12.3. The molecule has 0 aliphatic heterocycles. The number of hydrogen-bond donors (Lipinski definition) is 1. The highest BCUT2D eigenvalue weighted by Crippen LogP contribution is 2.23. The number of hydrogen-bond acceptors (Lipinski definition) is 3. The fourth-order valence-corrected chi connectivity index (χ4v) is 2.10. The number of anilines is 1. The predicted molar refractivity (Wildman–Crippen MR) is 85.2 cm³/mol. The van der Waals surface area contributed by atoms with Crippen molar-refractivity contribution in [3.8, 4) is 5.75 Å². The van der Waals surface area contributed by atoms with Crippen LogP contribution in [0.15, 0.2) is 48.5 Å². The van der Waals surface area contributed by atoms with Crippen LogP contribution in [0, 0.1) is 0 Å². The molecule has 0 fully saturated rings. The third-order valence-electron chi connectivity index (χ3n) is 3.43. The van der Waals surface area contributed by atoms with Crippen molar-refractivity contribution >= 4 is 17.5 Å². The predicted octanol–water partition coefficient (Wildman–Crippen LogP) is 2.89. The monoisotopic (exact) mass is 352 g/mol. The molecule has 0 spiro atoms. The van der Waals surface area contributed by atoms with Gasteiger partial charge in [0.15, 0.2) is 0 Å². The molecular weight excluding hydrogens is 337 g/mol. The van der Waals surface area contributed by atoms with E-state index in [1.807, 2.05) is 0 Å². The van der Waals surface area contributed by atoms with E-state index in [9.17, 15) is 22.8 Å². The summed E-state index contributed by atoms with van der Waals surface area (Å²) in [7, 11) is 1.56. The topological polar surface area (TPSA) is 72.6 Å². The molecule has 2 amide bonds. The molecule has 0 aliphatic rings. The van der Waals surface area contributed by atoms with Gasteiger partial charge in [0.25, 0.3) is 0 Å². The van der Waals surface area contributed by atoms with Gasteiger partial charge in [-0.25, -0.2) is 0 Å². The SMILES string of the molecule is CN(C(=O)Cc1ccc(OC(F)(F)F)cc1)c1ccc(C(N)=O)cc1. The molecule has 0 unspecified atom stereocenters.